The van der Waals surface area contributed by atoms with Crippen LogP contribution in [0.1, 0.15) is 0 Å². The molecule has 1 aliphatic heterocycles. The number of likely N-dealkylation sites (N-methyl/N-ethyl adjacent to an activating group) is 2. The summed E-state index contributed by atoms with van der Waals surface area (Å²) in [6.45, 7) is 3.89. The molecule has 2 aromatic rings. The minimum absolute atomic E-state index is 0.0517. The van der Waals surface area contributed by atoms with Crippen molar-refractivity contribution in [2.45, 2.75) is 0 Å². The van der Waals surface area contributed by atoms with Crippen LogP contribution in [0.25, 0.3) is 10.8 Å². The molecule has 1 heterocycles. The molecule has 0 aliphatic carbocycles. The average Bonchev–Trinajstić information content (AvgIpc) is 2.67. The highest BCUT2D eigenvalue weighted by molar-refractivity contribution is 5.87. The van der Waals surface area contributed by atoms with Crippen LogP contribution in [0.2, 0.25) is 0 Å². The summed E-state index contributed by atoms with van der Waals surface area (Å²) < 4.78 is 0. The second kappa shape index (κ2) is 8.19. The molecule has 0 radical (unpaired) electrons. The minimum Gasteiger partial charge on any atom is -0.365 e. The highest BCUT2D eigenvalue weighted by Gasteiger charge is 2.25. The van der Waals surface area contributed by atoms with Crippen molar-refractivity contribution in [2.75, 3.05) is 58.3 Å². The van der Waals surface area contributed by atoms with Gasteiger partial charge in [0.05, 0.1) is 32.7 Å². The van der Waals surface area contributed by atoms with Crippen molar-refractivity contribution in [3.05, 3.63) is 42.5 Å². The predicted molar refractivity (Wildman–Crippen MR) is 103 cm³/mol. The first-order chi connectivity index (χ1) is 12.6. The first-order valence-corrected chi connectivity index (χ1v) is 9.08. The molecule has 0 spiro atoms. The molecule has 3 rings (SSSR count). The van der Waals surface area contributed by atoms with Gasteiger partial charge in [0, 0.05) is 19.8 Å². The zero-order chi connectivity index (χ0) is 18.5. The highest BCUT2D eigenvalue weighted by atomic mass is 16.2. The third kappa shape index (κ3) is 4.32. The number of rotatable bonds is 5. The summed E-state index contributed by atoms with van der Waals surface area (Å²) >= 11 is 0. The zero-order valence-electron chi connectivity index (χ0n) is 15.5. The van der Waals surface area contributed by atoms with Gasteiger partial charge in [0.2, 0.25) is 5.91 Å². The fraction of sp³-hybridized carbons (Fsp3) is 0.400. The molecule has 6 heteroatoms. The van der Waals surface area contributed by atoms with Crippen LogP contribution in [0.4, 0.5) is 5.69 Å². The monoisotopic (exact) mass is 355 g/mol. The summed E-state index contributed by atoms with van der Waals surface area (Å²) in [6, 6.07) is 14.5. The van der Waals surface area contributed by atoms with Gasteiger partial charge in [-0.05, 0) is 22.9 Å². The molecule has 26 heavy (non-hydrogen) atoms. The van der Waals surface area contributed by atoms with Gasteiger partial charge in [0.25, 0.3) is 5.91 Å². The number of amides is 2. The lowest BCUT2D eigenvalue weighted by molar-refractivity contribution is -0.896. The van der Waals surface area contributed by atoms with Crippen molar-refractivity contribution in [3.63, 3.8) is 0 Å². The van der Waals surface area contributed by atoms with Crippen LogP contribution < -0.4 is 15.1 Å². The lowest BCUT2D eigenvalue weighted by Crippen LogP contribution is -3.15. The fourth-order valence-electron chi connectivity index (χ4n) is 3.37. The molecule has 0 atom stereocenters. The Labute approximate surface area is 154 Å². The molecule has 0 saturated carbocycles. The topological polar surface area (TPSA) is 57.1 Å². The Morgan fingerprint density at radius 3 is 2.50 bits per heavy atom. The van der Waals surface area contributed by atoms with E-state index in [1.54, 1.807) is 7.05 Å². The Balaban J connectivity index is 1.55. The van der Waals surface area contributed by atoms with Crippen molar-refractivity contribution in [2.24, 2.45) is 0 Å². The molecule has 0 aromatic heterocycles. The van der Waals surface area contributed by atoms with E-state index in [-0.39, 0.29) is 11.8 Å². The largest absolute Gasteiger partial charge is 0.365 e. The molecular formula is C20H27N4O2+. The van der Waals surface area contributed by atoms with Gasteiger partial charge < -0.3 is 20.0 Å². The van der Waals surface area contributed by atoms with Crippen molar-refractivity contribution >= 4 is 28.3 Å². The lowest BCUT2D eigenvalue weighted by atomic mass is 10.1. The van der Waals surface area contributed by atoms with Gasteiger partial charge in [-0.2, -0.15) is 0 Å². The molecule has 138 valence electrons. The second-order valence-corrected chi connectivity index (χ2v) is 6.87. The van der Waals surface area contributed by atoms with Crippen LogP contribution >= 0.6 is 0 Å². The van der Waals surface area contributed by atoms with E-state index in [9.17, 15) is 9.59 Å². The standard InChI is InChI=1S/C20H26N4O2/c1-21-19(25)14-23-9-11-24(12-10-23)20(26)15-22(2)18-8-7-16-5-3-4-6-17(16)13-18/h3-8,13H,9-12,14-15H2,1-2H3,(H,21,25)/p+1. The number of hydrogen-bond donors (Lipinski definition) is 2. The number of anilines is 1. The second-order valence-electron chi connectivity index (χ2n) is 6.87. The van der Waals surface area contributed by atoms with Gasteiger partial charge in [-0.3, -0.25) is 9.59 Å². The van der Waals surface area contributed by atoms with Crippen LogP contribution in [0.5, 0.6) is 0 Å². The smallest absolute Gasteiger partial charge is 0.274 e. The van der Waals surface area contributed by atoms with Gasteiger partial charge in [0.15, 0.2) is 6.54 Å². The maximum absolute atomic E-state index is 12.6. The van der Waals surface area contributed by atoms with Crippen LogP contribution in [-0.4, -0.2) is 70.1 Å². The number of benzene rings is 2. The lowest BCUT2D eigenvalue weighted by Gasteiger charge is -2.33. The summed E-state index contributed by atoms with van der Waals surface area (Å²) in [5.41, 5.74) is 1.04. The summed E-state index contributed by atoms with van der Waals surface area (Å²) in [6.07, 6.45) is 0. The van der Waals surface area contributed by atoms with E-state index in [4.69, 9.17) is 0 Å². The number of nitrogens with zero attached hydrogens (tertiary/aromatic N) is 2. The number of nitrogens with one attached hydrogen (secondary N) is 2. The Morgan fingerprint density at radius 1 is 1.12 bits per heavy atom. The van der Waals surface area contributed by atoms with Gasteiger partial charge in [-0.25, -0.2) is 0 Å². The summed E-state index contributed by atoms with van der Waals surface area (Å²) in [5.74, 6) is 0.190. The van der Waals surface area contributed by atoms with E-state index < -0.39 is 0 Å². The van der Waals surface area contributed by atoms with Crippen molar-refractivity contribution in [1.82, 2.24) is 10.2 Å². The van der Waals surface area contributed by atoms with Crippen molar-refractivity contribution in [1.29, 1.82) is 0 Å². The highest BCUT2D eigenvalue weighted by Crippen LogP contribution is 2.21. The molecule has 6 nitrogen and oxygen atoms in total. The predicted octanol–water partition coefficient (Wildman–Crippen LogP) is -0.251. The minimum atomic E-state index is 0.0517. The summed E-state index contributed by atoms with van der Waals surface area (Å²) in [4.78, 5) is 29.2. The average molecular weight is 355 g/mol. The van der Waals surface area contributed by atoms with Crippen LogP contribution in [0, 0.1) is 0 Å². The first kappa shape index (κ1) is 18.2. The van der Waals surface area contributed by atoms with E-state index >= 15 is 0 Å². The van der Waals surface area contributed by atoms with E-state index in [1.807, 2.05) is 29.0 Å². The number of quaternary nitrogens is 1. The first-order valence-electron chi connectivity index (χ1n) is 9.08. The Kier molecular flexibility index (Phi) is 5.73. The molecule has 2 aromatic carbocycles. The Morgan fingerprint density at radius 2 is 1.81 bits per heavy atom. The SMILES string of the molecule is CNC(=O)C[NH+]1CCN(C(=O)CN(C)c2ccc3ccccc3c2)CC1. The number of carbonyl (C=O) groups excluding carboxylic acids is 2. The molecular weight excluding hydrogens is 328 g/mol. The molecule has 1 fully saturated rings. The summed E-state index contributed by atoms with van der Waals surface area (Å²) in [7, 11) is 3.61. The third-order valence-corrected chi connectivity index (χ3v) is 5.06. The summed E-state index contributed by atoms with van der Waals surface area (Å²) in [5, 5.41) is 5.03. The zero-order valence-corrected chi connectivity index (χ0v) is 15.5. The van der Waals surface area contributed by atoms with Crippen LogP contribution in [-0.2, 0) is 9.59 Å². The molecule has 1 saturated heterocycles. The van der Waals surface area contributed by atoms with E-state index in [0.29, 0.717) is 26.2 Å². The number of piperazine rings is 1. The number of fused-ring (bicyclic) bond motifs is 1. The maximum atomic E-state index is 12.6. The number of carbonyl (C=O) groups is 2. The molecule has 0 bridgehead atoms. The van der Waals surface area contributed by atoms with E-state index in [1.165, 1.54) is 15.7 Å². The quantitative estimate of drug-likeness (QED) is 0.778. The van der Waals surface area contributed by atoms with Crippen molar-refractivity contribution in [3.8, 4) is 0 Å². The fourth-order valence-corrected chi connectivity index (χ4v) is 3.37. The molecule has 2 amide bonds. The third-order valence-electron chi connectivity index (χ3n) is 5.06. The van der Waals surface area contributed by atoms with Gasteiger partial charge in [-0.15, -0.1) is 0 Å². The number of hydrogen-bond acceptors (Lipinski definition) is 3. The van der Waals surface area contributed by atoms with Gasteiger partial charge >= 0.3 is 0 Å². The molecule has 1 aliphatic rings. The maximum Gasteiger partial charge on any atom is 0.274 e. The van der Waals surface area contributed by atoms with Gasteiger partial charge in [0.1, 0.15) is 0 Å². The van der Waals surface area contributed by atoms with Crippen LogP contribution in [0.15, 0.2) is 42.5 Å². The Bertz CT molecular complexity index is 784. The molecule has 0 unspecified atom stereocenters. The van der Waals surface area contributed by atoms with E-state index in [0.717, 1.165) is 18.8 Å². The molecule has 2 N–H and O–H groups in total. The van der Waals surface area contributed by atoms with Gasteiger partial charge in [-0.1, -0.05) is 30.3 Å². The van der Waals surface area contributed by atoms with Crippen LogP contribution in [0.3, 0.4) is 0 Å². The normalized spacial score (nSPS) is 15.1. The van der Waals surface area contributed by atoms with Crippen molar-refractivity contribution < 1.29 is 14.5 Å². The van der Waals surface area contributed by atoms with E-state index in [2.05, 4.69) is 35.6 Å². The Hall–Kier alpha value is -2.60.